The standard InChI is InChI=1S/C11H14ClNO4/c1-8(14)17-9(6-12)7-16-11-10(15-2)4-3-5-13-11/h3-5,9H,6-7H2,1-2H3. The maximum atomic E-state index is 10.8. The highest BCUT2D eigenvalue weighted by molar-refractivity contribution is 6.18. The lowest BCUT2D eigenvalue weighted by Crippen LogP contribution is -2.25. The van der Waals surface area contributed by atoms with Crippen molar-refractivity contribution in [1.82, 2.24) is 4.98 Å². The van der Waals surface area contributed by atoms with E-state index in [1.54, 1.807) is 18.3 Å². The summed E-state index contributed by atoms with van der Waals surface area (Å²) in [5.41, 5.74) is 0. The van der Waals surface area contributed by atoms with Crippen LogP contribution >= 0.6 is 11.6 Å². The van der Waals surface area contributed by atoms with Gasteiger partial charge in [-0.25, -0.2) is 4.98 Å². The molecule has 1 heterocycles. The summed E-state index contributed by atoms with van der Waals surface area (Å²) in [6.45, 7) is 1.46. The van der Waals surface area contributed by atoms with Crippen LogP contribution < -0.4 is 9.47 Å². The quantitative estimate of drug-likeness (QED) is 0.574. The molecule has 1 atom stereocenters. The van der Waals surface area contributed by atoms with Crippen molar-refractivity contribution in [1.29, 1.82) is 0 Å². The maximum absolute atomic E-state index is 10.8. The Morgan fingerprint density at radius 2 is 2.35 bits per heavy atom. The zero-order valence-electron chi connectivity index (χ0n) is 9.68. The number of hydrogen-bond acceptors (Lipinski definition) is 5. The van der Waals surface area contributed by atoms with E-state index < -0.39 is 12.1 Å². The number of halogens is 1. The molecular weight excluding hydrogens is 246 g/mol. The van der Waals surface area contributed by atoms with Crippen molar-refractivity contribution in [2.24, 2.45) is 0 Å². The fraction of sp³-hybridized carbons (Fsp3) is 0.455. The molecule has 1 aromatic heterocycles. The zero-order chi connectivity index (χ0) is 12.7. The van der Waals surface area contributed by atoms with Crippen LogP contribution in [0.2, 0.25) is 0 Å². The van der Waals surface area contributed by atoms with E-state index in [0.717, 1.165) is 0 Å². The molecule has 0 amide bonds. The average Bonchev–Trinajstić information content (AvgIpc) is 2.34. The predicted molar refractivity (Wildman–Crippen MR) is 62.6 cm³/mol. The van der Waals surface area contributed by atoms with Gasteiger partial charge in [-0.05, 0) is 12.1 Å². The molecule has 0 saturated carbocycles. The molecule has 0 N–H and O–H groups in total. The predicted octanol–water partition coefficient (Wildman–Crippen LogP) is 1.64. The third kappa shape index (κ3) is 4.48. The van der Waals surface area contributed by atoms with Crippen LogP contribution in [0.3, 0.4) is 0 Å². The van der Waals surface area contributed by atoms with E-state index in [4.69, 9.17) is 25.8 Å². The summed E-state index contributed by atoms with van der Waals surface area (Å²) in [4.78, 5) is 14.8. The number of ether oxygens (including phenoxy) is 3. The molecule has 6 heteroatoms. The minimum Gasteiger partial charge on any atom is -0.491 e. The molecule has 0 spiro atoms. The number of pyridine rings is 1. The molecule has 0 saturated heterocycles. The number of methoxy groups -OCH3 is 1. The topological polar surface area (TPSA) is 57.6 Å². The highest BCUT2D eigenvalue weighted by Crippen LogP contribution is 2.22. The molecule has 0 aromatic carbocycles. The van der Waals surface area contributed by atoms with Gasteiger partial charge in [-0.15, -0.1) is 11.6 Å². The Morgan fingerprint density at radius 1 is 1.59 bits per heavy atom. The Kier molecular flexibility index (Phi) is 5.56. The first-order valence-electron chi connectivity index (χ1n) is 5.02. The molecule has 94 valence electrons. The average molecular weight is 260 g/mol. The minimum atomic E-state index is -0.499. The van der Waals surface area contributed by atoms with Gasteiger partial charge in [0.15, 0.2) is 5.75 Å². The molecule has 0 aliphatic heterocycles. The Labute approximate surface area is 105 Å². The number of nitrogens with zero attached hydrogens (tertiary/aromatic N) is 1. The van der Waals surface area contributed by atoms with E-state index in [-0.39, 0.29) is 12.5 Å². The van der Waals surface area contributed by atoms with Gasteiger partial charge in [0.2, 0.25) is 0 Å². The fourth-order valence-corrected chi connectivity index (χ4v) is 1.31. The number of rotatable bonds is 6. The summed E-state index contributed by atoms with van der Waals surface area (Å²) in [5, 5.41) is 0. The summed E-state index contributed by atoms with van der Waals surface area (Å²) in [7, 11) is 1.52. The first kappa shape index (κ1) is 13.6. The second kappa shape index (κ2) is 6.96. The van der Waals surface area contributed by atoms with Crippen LogP contribution in [0, 0.1) is 0 Å². The Bertz CT molecular complexity index is 372. The zero-order valence-corrected chi connectivity index (χ0v) is 10.4. The first-order chi connectivity index (χ1) is 8.17. The number of carbonyl (C=O) groups excluding carboxylic acids is 1. The first-order valence-corrected chi connectivity index (χ1v) is 5.55. The van der Waals surface area contributed by atoms with E-state index in [0.29, 0.717) is 11.6 Å². The van der Waals surface area contributed by atoms with Crippen LogP contribution in [-0.4, -0.2) is 36.7 Å². The van der Waals surface area contributed by atoms with Crippen molar-refractivity contribution in [3.8, 4) is 11.6 Å². The van der Waals surface area contributed by atoms with Gasteiger partial charge < -0.3 is 14.2 Å². The number of esters is 1. The highest BCUT2D eigenvalue weighted by Gasteiger charge is 2.13. The molecule has 0 aliphatic carbocycles. The third-order valence-corrected chi connectivity index (χ3v) is 2.21. The summed E-state index contributed by atoms with van der Waals surface area (Å²) in [6, 6.07) is 3.46. The van der Waals surface area contributed by atoms with Gasteiger partial charge in [-0.2, -0.15) is 0 Å². The SMILES string of the molecule is COc1cccnc1OCC(CCl)OC(C)=O. The van der Waals surface area contributed by atoms with Gasteiger partial charge >= 0.3 is 5.97 Å². The van der Waals surface area contributed by atoms with Gasteiger partial charge in [0.1, 0.15) is 12.7 Å². The molecular formula is C11H14ClNO4. The molecule has 0 bridgehead atoms. The minimum absolute atomic E-state index is 0.135. The van der Waals surface area contributed by atoms with Crippen LogP contribution in [0.4, 0.5) is 0 Å². The Morgan fingerprint density at radius 3 is 2.94 bits per heavy atom. The van der Waals surface area contributed by atoms with Gasteiger partial charge in [-0.1, -0.05) is 0 Å². The molecule has 1 aromatic rings. The van der Waals surface area contributed by atoms with Crippen molar-refractivity contribution < 1.29 is 19.0 Å². The normalized spacial score (nSPS) is 11.7. The van der Waals surface area contributed by atoms with Gasteiger partial charge in [0.25, 0.3) is 5.88 Å². The molecule has 0 aliphatic rings. The van der Waals surface area contributed by atoms with E-state index in [1.165, 1.54) is 14.0 Å². The second-order valence-corrected chi connectivity index (χ2v) is 3.52. The number of carbonyl (C=O) groups is 1. The summed E-state index contributed by atoms with van der Waals surface area (Å²) >= 11 is 5.64. The highest BCUT2D eigenvalue weighted by atomic mass is 35.5. The molecule has 0 fully saturated rings. The van der Waals surface area contributed by atoms with E-state index >= 15 is 0 Å². The number of alkyl halides is 1. The summed E-state index contributed by atoms with van der Waals surface area (Å²) < 4.78 is 15.4. The van der Waals surface area contributed by atoms with E-state index in [2.05, 4.69) is 4.98 Å². The van der Waals surface area contributed by atoms with Crippen LogP contribution in [0.5, 0.6) is 11.6 Å². The van der Waals surface area contributed by atoms with Gasteiger partial charge in [0.05, 0.1) is 13.0 Å². The van der Waals surface area contributed by atoms with Gasteiger partial charge in [-0.3, -0.25) is 4.79 Å². The number of hydrogen-bond donors (Lipinski definition) is 0. The van der Waals surface area contributed by atoms with Crippen LogP contribution in [0.1, 0.15) is 6.92 Å². The summed E-state index contributed by atoms with van der Waals surface area (Å²) in [5.74, 6) is 0.627. The van der Waals surface area contributed by atoms with Crippen LogP contribution in [0.15, 0.2) is 18.3 Å². The lowest BCUT2D eigenvalue weighted by Gasteiger charge is -2.15. The molecule has 1 unspecified atom stereocenters. The molecule has 17 heavy (non-hydrogen) atoms. The third-order valence-electron chi connectivity index (χ3n) is 1.87. The number of aromatic nitrogens is 1. The van der Waals surface area contributed by atoms with Crippen LogP contribution in [0.25, 0.3) is 0 Å². The second-order valence-electron chi connectivity index (χ2n) is 3.21. The molecule has 1 rings (SSSR count). The largest absolute Gasteiger partial charge is 0.491 e. The maximum Gasteiger partial charge on any atom is 0.303 e. The van der Waals surface area contributed by atoms with Crippen molar-refractivity contribution in [2.45, 2.75) is 13.0 Å². The smallest absolute Gasteiger partial charge is 0.303 e. The van der Waals surface area contributed by atoms with Gasteiger partial charge in [0, 0.05) is 13.1 Å². The summed E-state index contributed by atoms with van der Waals surface area (Å²) in [6.07, 6.45) is 1.08. The van der Waals surface area contributed by atoms with Crippen molar-refractivity contribution >= 4 is 17.6 Å². The lowest BCUT2D eigenvalue weighted by atomic mass is 10.4. The Hall–Kier alpha value is -1.49. The molecule has 0 radical (unpaired) electrons. The van der Waals surface area contributed by atoms with Crippen LogP contribution in [-0.2, 0) is 9.53 Å². The monoisotopic (exact) mass is 259 g/mol. The Balaban J connectivity index is 2.56. The fourth-order valence-electron chi connectivity index (χ4n) is 1.16. The van der Waals surface area contributed by atoms with Crippen molar-refractivity contribution in [3.05, 3.63) is 18.3 Å². The van der Waals surface area contributed by atoms with E-state index in [1.807, 2.05) is 0 Å². The van der Waals surface area contributed by atoms with Crippen molar-refractivity contribution in [3.63, 3.8) is 0 Å². The lowest BCUT2D eigenvalue weighted by molar-refractivity contribution is -0.146. The van der Waals surface area contributed by atoms with E-state index in [9.17, 15) is 4.79 Å². The van der Waals surface area contributed by atoms with Crippen molar-refractivity contribution in [2.75, 3.05) is 19.6 Å². The molecule has 5 nitrogen and oxygen atoms in total.